The topological polar surface area (TPSA) is 52.6 Å². The maximum absolute atomic E-state index is 13.5. The minimum atomic E-state index is 0.0534. The fourth-order valence-corrected chi connectivity index (χ4v) is 4.94. The number of likely N-dealkylation sites (tertiary alicyclic amines) is 2. The molecule has 0 saturated carbocycles. The number of carbonyl (C=O) groups is 1. The Hall–Kier alpha value is -2.47. The third-order valence-corrected chi connectivity index (χ3v) is 6.39. The molecule has 3 atom stereocenters. The number of anilines is 1. The molecule has 2 fully saturated rings. The molecule has 6 nitrogen and oxygen atoms in total. The van der Waals surface area contributed by atoms with Crippen LogP contribution in [0.1, 0.15) is 47.5 Å². The number of fused-ring (bicyclic) bond motifs is 1. The summed E-state index contributed by atoms with van der Waals surface area (Å²) >= 11 is 0. The molecule has 1 aromatic heterocycles. The van der Waals surface area contributed by atoms with Gasteiger partial charge < -0.3 is 14.7 Å². The Morgan fingerprint density at radius 2 is 1.79 bits per heavy atom. The van der Waals surface area contributed by atoms with Gasteiger partial charge in [-0.15, -0.1) is 0 Å². The lowest BCUT2D eigenvalue weighted by molar-refractivity contribution is 0.0668. The summed E-state index contributed by atoms with van der Waals surface area (Å²) in [4.78, 5) is 28.6. The van der Waals surface area contributed by atoms with Gasteiger partial charge in [-0.3, -0.25) is 4.79 Å². The molecule has 154 valence electrons. The second kappa shape index (κ2) is 8.49. The zero-order chi connectivity index (χ0) is 20.4. The summed E-state index contributed by atoms with van der Waals surface area (Å²) in [6.07, 6.45) is 8.03. The third-order valence-electron chi connectivity index (χ3n) is 6.39. The highest BCUT2D eigenvalue weighted by molar-refractivity contribution is 5.94. The quantitative estimate of drug-likeness (QED) is 0.802. The fraction of sp³-hybridized carbons (Fsp3) is 0.522. The molecule has 2 aliphatic rings. The van der Waals surface area contributed by atoms with E-state index in [1.807, 2.05) is 19.0 Å². The van der Waals surface area contributed by atoms with Crippen molar-refractivity contribution in [2.75, 3.05) is 39.1 Å². The van der Waals surface area contributed by atoms with Crippen molar-refractivity contribution < 1.29 is 4.79 Å². The zero-order valence-corrected chi connectivity index (χ0v) is 17.7. The SMILES string of the molecule is CN(C)c1ncc(C(=O)N2C[C@@H](c3ccccc3)[C@H]3[C@H]2CCCCCN3C)cn1. The van der Waals surface area contributed by atoms with Crippen LogP contribution in [0.2, 0.25) is 0 Å². The summed E-state index contributed by atoms with van der Waals surface area (Å²) in [5.41, 5.74) is 1.90. The summed E-state index contributed by atoms with van der Waals surface area (Å²) in [5.74, 6) is 1.00. The molecule has 29 heavy (non-hydrogen) atoms. The number of carbonyl (C=O) groups excluding carboxylic acids is 1. The first-order valence-electron chi connectivity index (χ1n) is 10.6. The molecular weight excluding hydrogens is 362 g/mol. The average molecular weight is 394 g/mol. The van der Waals surface area contributed by atoms with Gasteiger partial charge in [0.25, 0.3) is 5.91 Å². The maximum Gasteiger partial charge on any atom is 0.257 e. The molecule has 2 saturated heterocycles. The molecule has 3 heterocycles. The molecule has 1 aromatic carbocycles. The zero-order valence-electron chi connectivity index (χ0n) is 17.7. The van der Waals surface area contributed by atoms with Crippen molar-refractivity contribution in [2.24, 2.45) is 0 Å². The van der Waals surface area contributed by atoms with Crippen LogP contribution in [-0.4, -0.2) is 72.0 Å². The summed E-state index contributed by atoms with van der Waals surface area (Å²) in [7, 11) is 6.02. The first kappa shape index (κ1) is 19.8. The van der Waals surface area contributed by atoms with E-state index in [1.165, 1.54) is 24.8 Å². The molecule has 2 aliphatic heterocycles. The van der Waals surface area contributed by atoms with Crippen molar-refractivity contribution in [1.29, 1.82) is 0 Å². The van der Waals surface area contributed by atoms with Gasteiger partial charge in [0.05, 0.1) is 5.56 Å². The van der Waals surface area contributed by atoms with Gasteiger partial charge in [-0.1, -0.05) is 43.2 Å². The lowest BCUT2D eigenvalue weighted by Gasteiger charge is -2.37. The van der Waals surface area contributed by atoms with E-state index in [0.717, 1.165) is 19.5 Å². The Labute approximate surface area is 173 Å². The first-order chi connectivity index (χ1) is 14.1. The lowest BCUT2D eigenvalue weighted by atomic mass is 9.87. The number of aromatic nitrogens is 2. The van der Waals surface area contributed by atoms with Gasteiger partial charge in [-0.05, 0) is 32.0 Å². The standard InChI is InChI=1S/C23H31N5O/c1-26(2)23-24-14-18(15-25-23)22(29)28-16-19(17-10-6-4-7-11-17)21-20(28)12-8-5-9-13-27(21)3/h4,6-7,10-11,14-15,19-21H,5,8-9,12-13,16H2,1-3H3/t19-,20+,21-/m0/s1. The molecule has 0 aliphatic carbocycles. The monoisotopic (exact) mass is 393 g/mol. The van der Waals surface area contributed by atoms with Crippen LogP contribution in [0.3, 0.4) is 0 Å². The Kier molecular flexibility index (Phi) is 5.81. The smallest absolute Gasteiger partial charge is 0.257 e. The third kappa shape index (κ3) is 3.99. The van der Waals surface area contributed by atoms with E-state index >= 15 is 0 Å². The van der Waals surface area contributed by atoms with E-state index < -0.39 is 0 Å². The molecule has 0 N–H and O–H groups in total. The molecule has 4 rings (SSSR count). The molecule has 0 spiro atoms. The normalized spacial score (nSPS) is 25.2. The number of benzene rings is 1. The van der Waals surface area contributed by atoms with E-state index in [0.29, 0.717) is 23.5 Å². The molecule has 6 heteroatoms. The van der Waals surface area contributed by atoms with Crippen LogP contribution in [0, 0.1) is 0 Å². The number of likely N-dealkylation sites (N-methyl/N-ethyl adjacent to an activating group) is 1. The second-order valence-electron chi connectivity index (χ2n) is 8.53. The molecule has 0 radical (unpaired) electrons. The second-order valence-corrected chi connectivity index (χ2v) is 8.53. The first-order valence-corrected chi connectivity index (χ1v) is 10.6. The Morgan fingerprint density at radius 1 is 1.07 bits per heavy atom. The lowest BCUT2D eigenvalue weighted by Crippen LogP contribution is -2.47. The Balaban J connectivity index is 1.65. The number of amides is 1. The molecular formula is C23H31N5O. The van der Waals surface area contributed by atoms with Crippen molar-refractivity contribution in [1.82, 2.24) is 19.8 Å². The van der Waals surface area contributed by atoms with Gasteiger partial charge in [-0.2, -0.15) is 0 Å². The van der Waals surface area contributed by atoms with Crippen LogP contribution in [0.5, 0.6) is 0 Å². The van der Waals surface area contributed by atoms with E-state index in [4.69, 9.17) is 0 Å². The molecule has 0 bridgehead atoms. The summed E-state index contributed by atoms with van der Waals surface area (Å²) in [6, 6.07) is 11.3. The van der Waals surface area contributed by atoms with Gasteiger partial charge in [-0.25, -0.2) is 9.97 Å². The molecule has 2 aromatic rings. The van der Waals surface area contributed by atoms with Crippen molar-refractivity contribution in [3.05, 3.63) is 53.9 Å². The summed E-state index contributed by atoms with van der Waals surface area (Å²) in [6.45, 7) is 1.84. The maximum atomic E-state index is 13.5. The highest BCUT2D eigenvalue weighted by Gasteiger charge is 2.46. The van der Waals surface area contributed by atoms with Crippen molar-refractivity contribution in [2.45, 2.75) is 43.7 Å². The Morgan fingerprint density at radius 3 is 2.48 bits per heavy atom. The van der Waals surface area contributed by atoms with Gasteiger partial charge >= 0.3 is 0 Å². The number of nitrogens with zero attached hydrogens (tertiary/aromatic N) is 5. The minimum Gasteiger partial charge on any atom is -0.347 e. The van der Waals surface area contributed by atoms with Crippen LogP contribution >= 0.6 is 0 Å². The van der Waals surface area contributed by atoms with E-state index in [-0.39, 0.29) is 11.9 Å². The molecule has 1 amide bonds. The van der Waals surface area contributed by atoms with Gasteiger partial charge in [0.2, 0.25) is 5.95 Å². The Bertz CT molecular complexity index is 823. The van der Waals surface area contributed by atoms with E-state index in [2.05, 4.69) is 57.1 Å². The van der Waals surface area contributed by atoms with Gasteiger partial charge in [0.15, 0.2) is 0 Å². The van der Waals surface area contributed by atoms with E-state index in [9.17, 15) is 4.79 Å². The fourth-order valence-electron chi connectivity index (χ4n) is 4.94. The van der Waals surface area contributed by atoms with Crippen LogP contribution < -0.4 is 4.90 Å². The minimum absolute atomic E-state index is 0.0534. The number of rotatable bonds is 3. The highest BCUT2D eigenvalue weighted by Crippen LogP contribution is 2.39. The van der Waals surface area contributed by atoms with Crippen LogP contribution in [0.15, 0.2) is 42.7 Å². The number of hydrogen-bond donors (Lipinski definition) is 0. The molecule has 0 unspecified atom stereocenters. The van der Waals surface area contributed by atoms with Crippen LogP contribution in [0.4, 0.5) is 5.95 Å². The predicted molar refractivity (Wildman–Crippen MR) is 115 cm³/mol. The van der Waals surface area contributed by atoms with Crippen molar-refractivity contribution >= 4 is 11.9 Å². The largest absolute Gasteiger partial charge is 0.347 e. The van der Waals surface area contributed by atoms with Crippen molar-refractivity contribution in [3.8, 4) is 0 Å². The van der Waals surface area contributed by atoms with E-state index in [1.54, 1.807) is 12.4 Å². The van der Waals surface area contributed by atoms with Crippen LogP contribution in [0.25, 0.3) is 0 Å². The average Bonchev–Trinajstić information content (AvgIpc) is 3.11. The number of hydrogen-bond acceptors (Lipinski definition) is 5. The van der Waals surface area contributed by atoms with Gasteiger partial charge in [0, 0.05) is 51.0 Å². The van der Waals surface area contributed by atoms with Crippen molar-refractivity contribution in [3.63, 3.8) is 0 Å². The highest BCUT2D eigenvalue weighted by atomic mass is 16.2. The van der Waals surface area contributed by atoms with Crippen LogP contribution in [-0.2, 0) is 0 Å². The summed E-state index contributed by atoms with van der Waals surface area (Å²) < 4.78 is 0. The predicted octanol–water partition coefficient (Wildman–Crippen LogP) is 3.03. The summed E-state index contributed by atoms with van der Waals surface area (Å²) in [5, 5.41) is 0. The van der Waals surface area contributed by atoms with Gasteiger partial charge in [0.1, 0.15) is 0 Å².